The maximum atomic E-state index is 12.6. The van der Waals surface area contributed by atoms with Crippen LogP contribution in [-0.2, 0) is 19.6 Å². The second-order valence-electron chi connectivity index (χ2n) is 9.27. The van der Waals surface area contributed by atoms with Gasteiger partial charge < -0.3 is 24.9 Å². The summed E-state index contributed by atoms with van der Waals surface area (Å²) >= 11 is 0. The van der Waals surface area contributed by atoms with E-state index in [1.807, 2.05) is 12.1 Å². The van der Waals surface area contributed by atoms with Crippen LogP contribution >= 0.6 is 0 Å². The minimum Gasteiger partial charge on any atom is -0.486 e. The minimum atomic E-state index is -0.658. The first-order chi connectivity index (χ1) is 17.1. The number of carbonyl (C=O) groups is 1. The van der Waals surface area contributed by atoms with E-state index in [1.54, 1.807) is 18.6 Å². The number of hydrogen-bond acceptors (Lipinski definition) is 8. The second-order valence-corrected chi connectivity index (χ2v) is 9.27. The van der Waals surface area contributed by atoms with Crippen LogP contribution in [0.4, 0.5) is 5.69 Å². The number of hydrogen-bond donors (Lipinski definition) is 3. The molecule has 2 aromatic heterocycles. The van der Waals surface area contributed by atoms with Gasteiger partial charge in [-0.3, -0.25) is 14.7 Å². The second kappa shape index (κ2) is 10.9. The van der Waals surface area contributed by atoms with E-state index in [1.165, 1.54) is 23.9 Å². The van der Waals surface area contributed by atoms with E-state index in [4.69, 9.17) is 9.15 Å². The van der Waals surface area contributed by atoms with Gasteiger partial charge in [0.2, 0.25) is 0 Å². The molecule has 1 aromatic carbocycles. The molecule has 9 heteroatoms. The van der Waals surface area contributed by atoms with Crippen LogP contribution in [0.15, 0.2) is 53.7 Å². The van der Waals surface area contributed by atoms with Crippen LogP contribution in [0.3, 0.4) is 0 Å². The molecule has 1 amide bonds. The highest BCUT2D eigenvalue weighted by molar-refractivity contribution is 5.94. The normalized spacial score (nSPS) is 16.7. The molecule has 9 nitrogen and oxygen atoms in total. The number of nitrogens with zero attached hydrogens (tertiary/aromatic N) is 3. The Hall–Kier alpha value is -3.43. The zero-order valence-corrected chi connectivity index (χ0v) is 19.7. The van der Waals surface area contributed by atoms with Gasteiger partial charge in [0.05, 0.1) is 23.6 Å². The number of ether oxygens (including phenoxy) is 1. The summed E-state index contributed by atoms with van der Waals surface area (Å²) in [6.45, 7) is 2.62. The lowest BCUT2D eigenvalue weighted by Gasteiger charge is -2.30. The minimum absolute atomic E-state index is 0.191. The highest BCUT2D eigenvalue weighted by atomic mass is 16.5. The Labute approximate surface area is 204 Å². The molecule has 0 spiro atoms. The van der Waals surface area contributed by atoms with Gasteiger partial charge in [0, 0.05) is 44.6 Å². The number of amides is 1. The van der Waals surface area contributed by atoms with E-state index in [0.29, 0.717) is 30.5 Å². The molecule has 1 atom stereocenters. The molecule has 0 saturated heterocycles. The van der Waals surface area contributed by atoms with E-state index in [-0.39, 0.29) is 12.5 Å². The topological polar surface area (TPSA) is 113 Å². The number of β-amino-alcohol motifs (C(OH)–C–C–N with tert-alkyl or cyclic N) is 1. The molecule has 1 fully saturated rings. The van der Waals surface area contributed by atoms with Gasteiger partial charge in [-0.2, -0.15) is 0 Å². The fourth-order valence-electron chi connectivity index (χ4n) is 4.41. The maximum Gasteiger partial charge on any atom is 0.253 e. The zero-order chi connectivity index (χ0) is 24.0. The molecule has 1 saturated carbocycles. The Balaban J connectivity index is 1.07. The van der Waals surface area contributed by atoms with Crippen molar-refractivity contribution in [2.75, 3.05) is 25.0 Å². The largest absolute Gasteiger partial charge is 0.486 e. The Bertz CT molecular complexity index is 1130. The first-order valence-electron chi connectivity index (χ1n) is 12.1. The van der Waals surface area contributed by atoms with Crippen molar-refractivity contribution < 1.29 is 19.1 Å². The van der Waals surface area contributed by atoms with Crippen molar-refractivity contribution in [3.63, 3.8) is 0 Å². The van der Waals surface area contributed by atoms with Crippen LogP contribution in [-0.4, -0.2) is 57.7 Å². The van der Waals surface area contributed by atoms with Gasteiger partial charge in [-0.05, 0) is 55.0 Å². The first kappa shape index (κ1) is 23.3. The number of anilines is 1. The molecule has 3 aromatic rings. The molecule has 184 valence electrons. The summed E-state index contributed by atoms with van der Waals surface area (Å²) in [5.74, 6) is 1.26. The van der Waals surface area contributed by atoms with Crippen LogP contribution in [0, 0.1) is 0 Å². The highest BCUT2D eigenvalue weighted by Gasteiger charge is 2.21. The Morgan fingerprint density at radius 3 is 2.91 bits per heavy atom. The van der Waals surface area contributed by atoms with E-state index in [2.05, 4.69) is 37.6 Å². The van der Waals surface area contributed by atoms with Gasteiger partial charge >= 0.3 is 0 Å². The van der Waals surface area contributed by atoms with Crippen molar-refractivity contribution in [1.29, 1.82) is 0 Å². The predicted octanol–water partition coefficient (Wildman–Crippen LogP) is 2.76. The van der Waals surface area contributed by atoms with Crippen molar-refractivity contribution in [2.24, 2.45) is 0 Å². The quantitative estimate of drug-likeness (QED) is 0.409. The van der Waals surface area contributed by atoms with Crippen LogP contribution in [0.5, 0.6) is 5.75 Å². The smallest absolute Gasteiger partial charge is 0.253 e. The summed E-state index contributed by atoms with van der Waals surface area (Å²) in [4.78, 5) is 22.8. The molecular formula is C26H31N5O4. The summed E-state index contributed by atoms with van der Waals surface area (Å²) in [5, 5.41) is 16.8. The molecule has 1 aliphatic carbocycles. The number of nitrogens with one attached hydrogen (secondary N) is 2. The number of aliphatic hydroxyl groups excluding tert-OH is 1. The third kappa shape index (κ3) is 6.17. The van der Waals surface area contributed by atoms with Crippen LogP contribution in [0.25, 0.3) is 0 Å². The molecular weight excluding hydrogens is 446 g/mol. The van der Waals surface area contributed by atoms with Crippen molar-refractivity contribution in [3.05, 3.63) is 71.7 Å². The fraction of sp³-hybridized carbons (Fsp3) is 0.423. The van der Waals surface area contributed by atoms with Gasteiger partial charge in [-0.1, -0.05) is 6.07 Å². The number of carbonyl (C=O) groups excluding carboxylic acids is 1. The first-order valence-corrected chi connectivity index (χ1v) is 12.1. The number of benzene rings is 1. The number of rotatable bonds is 10. The fourth-order valence-corrected chi connectivity index (χ4v) is 4.41. The van der Waals surface area contributed by atoms with Gasteiger partial charge in [0.1, 0.15) is 12.4 Å². The SMILES string of the molecule is O=C(NC[C@H](O)CN1CCc2cc(OCc3cnco3)ccc2C1)c1cncc(NC2CCC2)c1. The van der Waals surface area contributed by atoms with E-state index >= 15 is 0 Å². The molecule has 5 rings (SSSR count). The van der Waals surface area contributed by atoms with Crippen molar-refractivity contribution in [2.45, 2.75) is 51.0 Å². The average molecular weight is 478 g/mol. The number of aromatic nitrogens is 2. The van der Waals surface area contributed by atoms with Crippen LogP contribution in [0.1, 0.15) is 46.5 Å². The maximum absolute atomic E-state index is 12.6. The van der Waals surface area contributed by atoms with E-state index in [9.17, 15) is 9.90 Å². The molecule has 35 heavy (non-hydrogen) atoms. The van der Waals surface area contributed by atoms with Crippen molar-refractivity contribution >= 4 is 11.6 Å². The van der Waals surface area contributed by atoms with E-state index in [0.717, 1.165) is 43.8 Å². The molecule has 0 bridgehead atoms. The number of aliphatic hydroxyl groups is 1. The Morgan fingerprint density at radius 2 is 2.11 bits per heavy atom. The molecule has 2 aliphatic rings. The molecule has 0 unspecified atom stereocenters. The summed E-state index contributed by atoms with van der Waals surface area (Å²) < 4.78 is 11.0. The highest BCUT2D eigenvalue weighted by Crippen LogP contribution is 2.25. The zero-order valence-electron chi connectivity index (χ0n) is 19.7. The number of oxazole rings is 1. The summed E-state index contributed by atoms with van der Waals surface area (Å²) in [6, 6.07) is 8.39. The monoisotopic (exact) mass is 477 g/mol. The van der Waals surface area contributed by atoms with Crippen LogP contribution < -0.4 is 15.4 Å². The number of fused-ring (bicyclic) bond motifs is 1. The molecule has 1 aliphatic heterocycles. The molecule has 3 N–H and O–H groups in total. The van der Waals surface area contributed by atoms with Gasteiger partial charge in [-0.25, -0.2) is 4.98 Å². The lowest BCUT2D eigenvalue weighted by molar-refractivity contribution is 0.0841. The lowest BCUT2D eigenvalue weighted by atomic mass is 9.93. The summed E-state index contributed by atoms with van der Waals surface area (Å²) in [7, 11) is 0. The summed E-state index contributed by atoms with van der Waals surface area (Å²) in [5.41, 5.74) is 3.83. The lowest BCUT2D eigenvalue weighted by Crippen LogP contribution is -2.42. The predicted molar refractivity (Wildman–Crippen MR) is 130 cm³/mol. The third-order valence-electron chi connectivity index (χ3n) is 6.58. The standard InChI is InChI=1S/C26H31N5O4/c32-23(12-29-26(33)20-8-22(11-27-10-20)30-21-2-1-3-21)15-31-7-6-18-9-24(5-4-19(18)14-31)34-16-25-13-28-17-35-25/h4-5,8-11,13,17,21,23,30,32H,1-3,6-7,12,14-16H2,(H,29,33)/t23-/m0/s1. The molecule has 0 radical (unpaired) electrons. The Morgan fingerprint density at radius 1 is 1.20 bits per heavy atom. The van der Waals surface area contributed by atoms with Crippen LogP contribution in [0.2, 0.25) is 0 Å². The van der Waals surface area contributed by atoms with Gasteiger partial charge in [-0.15, -0.1) is 0 Å². The van der Waals surface area contributed by atoms with Crippen molar-refractivity contribution in [1.82, 2.24) is 20.2 Å². The average Bonchev–Trinajstić information content (AvgIpc) is 3.37. The summed E-state index contributed by atoms with van der Waals surface area (Å²) in [6.07, 6.45) is 10.1. The number of pyridine rings is 1. The van der Waals surface area contributed by atoms with Gasteiger partial charge in [0.15, 0.2) is 12.2 Å². The van der Waals surface area contributed by atoms with Crippen molar-refractivity contribution in [3.8, 4) is 5.75 Å². The van der Waals surface area contributed by atoms with E-state index < -0.39 is 6.10 Å². The Kier molecular flexibility index (Phi) is 7.25. The van der Waals surface area contributed by atoms with Gasteiger partial charge in [0.25, 0.3) is 5.91 Å². The third-order valence-corrected chi connectivity index (χ3v) is 6.58. The molecule has 3 heterocycles.